The Hall–Kier alpha value is -3.91. The molecule has 2 N–H and O–H groups in total. The van der Waals surface area contributed by atoms with Crippen molar-refractivity contribution in [1.82, 2.24) is 15.0 Å². The molecule has 3 aromatic carbocycles. The quantitative estimate of drug-likeness (QED) is 0.381. The molecule has 0 saturated carbocycles. The summed E-state index contributed by atoms with van der Waals surface area (Å²) in [5.41, 5.74) is 4.53. The minimum absolute atomic E-state index is 0.501. The van der Waals surface area contributed by atoms with E-state index in [2.05, 4.69) is 20.9 Å². The van der Waals surface area contributed by atoms with Gasteiger partial charge in [0.25, 0.3) is 0 Å². The fraction of sp³-hybridized carbons (Fsp3) is 0.125. The summed E-state index contributed by atoms with van der Waals surface area (Å²) >= 11 is 5.43. The summed E-state index contributed by atoms with van der Waals surface area (Å²) in [4.78, 5) is 0. The Bertz CT molecular complexity index is 1170. The van der Waals surface area contributed by atoms with Gasteiger partial charge in [-0.2, -0.15) is 0 Å². The zero-order valence-electron chi connectivity index (χ0n) is 17.8. The molecule has 0 bridgehead atoms. The molecule has 0 spiro atoms. The Morgan fingerprint density at radius 3 is 2.06 bits per heavy atom. The summed E-state index contributed by atoms with van der Waals surface area (Å²) in [5, 5.41) is 15.2. The molecule has 0 aliphatic rings. The zero-order valence-corrected chi connectivity index (χ0v) is 18.6. The number of aromatic nitrogens is 3. The Kier molecular flexibility index (Phi) is 6.62. The summed E-state index contributed by atoms with van der Waals surface area (Å²) in [6.07, 6.45) is 1.74. The van der Waals surface area contributed by atoms with Gasteiger partial charge in [0, 0.05) is 16.9 Å². The lowest BCUT2D eigenvalue weighted by molar-refractivity contribution is 0.340. The smallest absolute Gasteiger partial charge is 0.175 e. The number of methoxy groups -OCH3 is 1. The van der Waals surface area contributed by atoms with Crippen LogP contribution in [-0.4, -0.2) is 33.8 Å². The molecule has 1 aromatic heterocycles. The van der Waals surface area contributed by atoms with Gasteiger partial charge in [-0.25, -0.2) is 4.68 Å². The topological polar surface area (TPSA) is 73.2 Å². The van der Waals surface area contributed by atoms with Crippen LogP contribution in [0.25, 0.3) is 16.9 Å². The molecule has 1 heterocycles. The van der Waals surface area contributed by atoms with Gasteiger partial charge in [0.2, 0.25) is 0 Å². The van der Waals surface area contributed by atoms with Gasteiger partial charge in [0.15, 0.2) is 5.11 Å². The number of benzene rings is 3. The largest absolute Gasteiger partial charge is 0.497 e. The number of nitrogens with zero attached hydrogens (tertiary/aromatic N) is 3. The van der Waals surface area contributed by atoms with Crippen molar-refractivity contribution in [3.8, 4) is 28.4 Å². The van der Waals surface area contributed by atoms with Crippen molar-refractivity contribution in [3.63, 3.8) is 0 Å². The molecule has 7 nitrogen and oxygen atoms in total. The van der Waals surface area contributed by atoms with Crippen molar-refractivity contribution in [1.29, 1.82) is 0 Å². The maximum atomic E-state index is 5.46. The predicted octanol–water partition coefficient (Wildman–Crippen LogP) is 5.15. The van der Waals surface area contributed by atoms with Crippen LogP contribution in [0.1, 0.15) is 6.92 Å². The molecule has 0 aliphatic heterocycles. The number of nitrogens with one attached hydrogen (secondary N) is 2. The number of rotatable bonds is 7. The molecule has 0 atom stereocenters. The number of anilines is 2. The van der Waals surface area contributed by atoms with Crippen LogP contribution in [0.2, 0.25) is 0 Å². The SMILES string of the molecule is CCOc1ccc(NC(=S)Nc2ccc(-n3nncc3-c3ccc(OC)cc3)cc2)cc1. The highest BCUT2D eigenvalue weighted by molar-refractivity contribution is 7.80. The minimum Gasteiger partial charge on any atom is -0.497 e. The van der Waals surface area contributed by atoms with E-state index in [-0.39, 0.29) is 0 Å². The summed E-state index contributed by atoms with van der Waals surface area (Å²) in [6, 6.07) is 23.3. The van der Waals surface area contributed by atoms with Gasteiger partial charge in [-0.1, -0.05) is 5.21 Å². The standard InChI is InChI=1S/C24H23N5O2S/c1-3-31-22-14-8-19(9-15-22)27-24(32)26-18-6-10-20(11-7-18)29-23(16-25-28-29)17-4-12-21(30-2)13-5-17/h4-16H,3H2,1-2H3,(H2,26,27,32). The molecule has 4 aromatic rings. The maximum absolute atomic E-state index is 5.46. The molecule has 32 heavy (non-hydrogen) atoms. The lowest BCUT2D eigenvalue weighted by atomic mass is 10.1. The van der Waals surface area contributed by atoms with Crippen molar-refractivity contribution < 1.29 is 9.47 Å². The molecule has 162 valence electrons. The van der Waals surface area contributed by atoms with E-state index in [1.807, 2.05) is 79.7 Å². The molecule has 0 radical (unpaired) electrons. The highest BCUT2D eigenvalue weighted by Crippen LogP contribution is 2.24. The summed E-state index contributed by atoms with van der Waals surface area (Å²) < 4.78 is 12.5. The van der Waals surface area contributed by atoms with Crippen molar-refractivity contribution in [2.45, 2.75) is 6.92 Å². The number of thiocarbonyl (C=S) groups is 1. The average Bonchev–Trinajstić information content (AvgIpc) is 3.31. The van der Waals surface area contributed by atoms with Crippen LogP contribution in [0.15, 0.2) is 79.0 Å². The van der Waals surface area contributed by atoms with E-state index < -0.39 is 0 Å². The van der Waals surface area contributed by atoms with E-state index in [1.165, 1.54) is 0 Å². The van der Waals surface area contributed by atoms with Gasteiger partial charge in [-0.3, -0.25) is 0 Å². The van der Waals surface area contributed by atoms with Crippen molar-refractivity contribution in [2.24, 2.45) is 0 Å². The van der Waals surface area contributed by atoms with E-state index in [1.54, 1.807) is 18.0 Å². The van der Waals surface area contributed by atoms with E-state index in [0.717, 1.165) is 39.8 Å². The summed E-state index contributed by atoms with van der Waals surface area (Å²) in [6.45, 7) is 2.60. The maximum Gasteiger partial charge on any atom is 0.175 e. The molecule has 0 amide bonds. The Morgan fingerprint density at radius 1 is 0.875 bits per heavy atom. The third kappa shape index (κ3) is 5.04. The Balaban J connectivity index is 1.42. The van der Waals surface area contributed by atoms with Gasteiger partial charge < -0.3 is 20.1 Å². The number of hydrogen-bond acceptors (Lipinski definition) is 5. The molecule has 0 aliphatic carbocycles. The summed E-state index contributed by atoms with van der Waals surface area (Å²) in [5.74, 6) is 1.63. The van der Waals surface area contributed by atoms with Crippen LogP contribution >= 0.6 is 12.2 Å². The second-order valence-corrected chi connectivity index (χ2v) is 7.25. The lowest BCUT2D eigenvalue weighted by Crippen LogP contribution is -2.19. The average molecular weight is 446 g/mol. The number of hydrogen-bond donors (Lipinski definition) is 2. The Morgan fingerprint density at radius 2 is 1.47 bits per heavy atom. The van der Waals surface area contributed by atoms with E-state index in [9.17, 15) is 0 Å². The van der Waals surface area contributed by atoms with E-state index in [0.29, 0.717) is 11.7 Å². The van der Waals surface area contributed by atoms with Gasteiger partial charge >= 0.3 is 0 Å². The van der Waals surface area contributed by atoms with Crippen molar-refractivity contribution in [3.05, 3.63) is 79.0 Å². The van der Waals surface area contributed by atoms with Crippen molar-refractivity contribution in [2.75, 3.05) is 24.4 Å². The fourth-order valence-electron chi connectivity index (χ4n) is 3.16. The van der Waals surface area contributed by atoms with Crippen LogP contribution in [0, 0.1) is 0 Å². The predicted molar refractivity (Wildman–Crippen MR) is 131 cm³/mol. The molecule has 0 fully saturated rings. The van der Waals surface area contributed by atoms with Crippen LogP contribution in [0.5, 0.6) is 11.5 Å². The normalized spacial score (nSPS) is 10.4. The zero-order chi connectivity index (χ0) is 22.3. The molecule has 0 saturated heterocycles. The third-order valence-electron chi connectivity index (χ3n) is 4.73. The van der Waals surface area contributed by atoms with Gasteiger partial charge in [0.1, 0.15) is 11.5 Å². The minimum atomic E-state index is 0.501. The fourth-order valence-corrected chi connectivity index (χ4v) is 3.40. The molecule has 8 heteroatoms. The first kappa shape index (κ1) is 21.3. The first-order chi connectivity index (χ1) is 15.7. The highest BCUT2D eigenvalue weighted by Gasteiger charge is 2.09. The first-order valence-corrected chi connectivity index (χ1v) is 10.5. The molecule has 0 unspecified atom stereocenters. The van der Waals surface area contributed by atoms with E-state index >= 15 is 0 Å². The van der Waals surface area contributed by atoms with Crippen LogP contribution < -0.4 is 20.1 Å². The van der Waals surface area contributed by atoms with Crippen molar-refractivity contribution >= 4 is 28.7 Å². The van der Waals surface area contributed by atoms with Gasteiger partial charge in [-0.15, -0.1) is 5.10 Å². The third-order valence-corrected chi connectivity index (χ3v) is 4.93. The van der Waals surface area contributed by atoms with Gasteiger partial charge in [0.05, 0.1) is 31.3 Å². The lowest BCUT2D eigenvalue weighted by Gasteiger charge is -2.12. The molecule has 4 rings (SSSR count). The molecular formula is C24H23N5O2S. The Labute approximate surface area is 192 Å². The molecular weight excluding hydrogens is 422 g/mol. The van der Waals surface area contributed by atoms with Crippen LogP contribution in [-0.2, 0) is 0 Å². The highest BCUT2D eigenvalue weighted by atomic mass is 32.1. The second kappa shape index (κ2) is 9.93. The number of ether oxygens (including phenoxy) is 2. The van der Waals surface area contributed by atoms with Gasteiger partial charge in [-0.05, 0) is 91.9 Å². The van der Waals surface area contributed by atoms with E-state index in [4.69, 9.17) is 21.7 Å². The monoisotopic (exact) mass is 445 g/mol. The second-order valence-electron chi connectivity index (χ2n) is 6.84. The summed E-state index contributed by atoms with van der Waals surface area (Å²) in [7, 11) is 1.65. The van der Waals surface area contributed by atoms with Crippen LogP contribution in [0.3, 0.4) is 0 Å². The van der Waals surface area contributed by atoms with Crippen LogP contribution in [0.4, 0.5) is 11.4 Å². The first-order valence-electron chi connectivity index (χ1n) is 10.1.